The number of piperidine rings is 1. The van der Waals surface area contributed by atoms with Crippen LogP contribution in [0, 0.1) is 0 Å². The van der Waals surface area contributed by atoms with Gasteiger partial charge in [-0.2, -0.15) is 0 Å². The Morgan fingerprint density at radius 3 is 2.52 bits per heavy atom. The van der Waals surface area contributed by atoms with E-state index in [2.05, 4.69) is 0 Å². The number of hydrogen-bond donors (Lipinski definition) is 1. The number of likely N-dealkylation sites (N-methyl/N-ethyl adjacent to an activating group) is 1. The molecule has 6 heteroatoms. The molecule has 2 amide bonds. The summed E-state index contributed by atoms with van der Waals surface area (Å²) in [5.41, 5.74) is 4.96. The van der Waals surface area contributed by atoms with Gasteiger partial charge in [0, 0.05) is 25.7 Å². The number of carbonyl (C=O) groups is 2. The van der Waals surface area contributed by atoms with Crippen LogP contribution in [0.2, 0.25) is 0 Å². The van der Waals surface area contributed by atoms with Gasteiger partial charge in [0.15, 0.2) is 0 Å². The van der Waals surface area contributed by atoms with Crippen LogP contribution in [0.15, 0.2) is 0 Å². The lowest BCUT2D eigenvalue weighted by Crippen LogP contribution is -2.52. The van der Waals surface area contributed by atoms with Crippen LogP contribution in [0.5, 0.6) is 0 Å². The van der Waals surface area contributed by atoms with Gasteiger partial charge in [0.2, 0.25) is 5.91 Å². The first-order chi connectivity index (χ1) is 9.78. The lowest BCUT2D eigenvalue weighted by atomic mass is 10.0. The van der Waals surface area contributed by atoms with Crippen molar-refractivity contribution in [2.75, 3.05) is 26.2 Å². The molecule has 6 nitrogen and oxygen atoms in total. The topological polar surface area (TPSA) is 75.9 Å². The molecule has 0 bridgehead atoms. The van der Waals surface area contributed by atoms with Crippen LogP contribution in [0.1, 0.15) is 47.0 Å². The standard InChI is InChI=1S/C15H29N3O3/c1-5-17(14(20)21-15(2,3)4)11-12-8-6-7-9-18(12)13(19)10-16/h12H,5-11,16H2,1-4H3/t12-/m0/s1. The van der Waals surface area contributed by atoms with Crippen molar-refractivity contribution < 1.29 is 14.3 Å². The maximum Gasteiger partial charge on any atom is 0.410 e. The monoisotopic (exact) mass is 299 g/mol. The van der Waals surface area contributed by atoms with Crippen LogP contribution in [0.3, 0.4) is 0 Å². The Kier molecular flexibility index (Phi) is 6.45. The molecule has 1 heterocycles. The van der Waals surface area contributed by atoms with Crippen LogP contribution in [0.25, 0.3) is 0 Å². The molecule has 0 saturated carbocycles. The van der Waals surface area contributed by atoms with Crippen LogP contribution >= 0.6 is 0 Å². The minimum atomic E-state index is -0.510. The van der Waals surface area contributed by atoms with E-state index < -0.39 is 5.60 Å². The smallest absolute Gasteiger partial charge is 0.410 e. The third-order valence-corrected chi connectivity index (χ3v) is 3.59. The molecule has 1 aliphatic rings. The summed E-state index contributed by atoms with van der Waals surface area (Å²) < 4.78 is 5.41. The first-order valence-electron chi connectivity index (χ1n) is 7.76. The first-order valence-corrected chi connectivity index (χ1v) is 7.76. The highest BCUT2D eigenvalue weighted by Gasteiger charge is 2.30. The second-order valence-electron chi connectivity index (χ2n) is 6.46. The molecule has 0 aromatic carbocycles. The lowest BCUT2D eigenvalue weighted by Gasteiger charge is -2.38. The molecule has 0 aromatic heterocycles. The van der Waals surface area contributed by atoms with E-state index in [1.807, 2.05) is 32.6 Å². The molecule has 0 radical (unpaired) electrons. The third kappa shape index (κ3) is 5.53. The molecule has 1 saturated heterocycles. The van der Waals surface area contributed by atoms with Crippen molar-refractivity contribution in [1.82, 2.24) is 9.80 Å². The molecule has 1 rings (SSSR count). The van der Waals surface area contributed by atoms with Crippen molar-refractivity contribution in [1.29, 1.82) is 0 Å². The first kappa shape index (κ1) is 17.8. The van der Waals surface area contributed by atoms with Gasteiger partial charge in [-0.3, -0.25) is 4.79 Å². The normalized spacial score (nSPS) is 19.3. The van der Waals surface area contributed by atoms with Crippen LogP contribution in [-0.4, -0.2) is 59.6 Å². The van der Waals surface area contributed by atoms with E-state index in [1.54, 1.807) is 4.90 Å². The summed E-state index contributed by atoms with van der Waals surface area (Å²) in [4.78, 5) is 27.6. The third-order valence-electron chi connectivity index (χ3n) is 3.59. The maximum absolute atomic E-state index is 12.2. The zero-order valence-electron chi connectivity index (χ0n) is 13.7. The molecule has 1 atom stereocenters. The van der Waals surface area contributed by atoms with Crippen LogP contribution in [-0.2, 0) is 9.53 Å². The summed E-state index contributed by atoms with van der Waals surface area (Å²) in [6.07, 6.45) is 2.66. The summed E-state index contributed by atoms with van der Waals surface area (Å²) in [6.45, 7) is 9.30. The van der Waals surface area contributed by atoms with Crippen molar-refractivity contribution >= 4 is 12.0 Å². The van der Waals surface area contributed by atoms with E-state index in [4.69, 9.17) is 10.5 Å². The Balaban J connectivity index is 2.69. The van der Waals surface area contributed by atoms with Crippen molar-refractivity contribution in [2.45, 2.75) is 58.6 Å². The predicted octanol–water partition coefficient (Wildman–Crippen LogP) is 1.58. The molecule has 122 valence electrons. The highest BCUT2D eigenvalue weighted by molar-refractivity contribution is 5.78. The largest absolute Gasteiger partial charge is 0.444 e. The van der Waals surface area contributed by atoms with Gasteiger partial charge < -0.3 is 20.3 Å². The minimum Gasteiger partial charge on any atom is -0.444 e. The van der Waals surface area contributed by atoms with E-state index in [0.29, 0.717) is 13.1 Å². The molecule has 1 aliphatic heterocycles. The number of hydrogen-bond acceptors (Lipinski definition) is 4. The van der Waals surface area contributed by atoms with Gasteiger partial charge in [0.1, 0.15) is 5.60 Å². The van der Waals surface area contributed by atoms with Crippen molar-refractivity contribution in [3.8, 4) is 0 Å². The Bertz CT molecular complexity index is 366. The number of rotatable bonds is 4. The summed E-state index contributed by atoms with van der Waals surface area (Å²) in [5, 5.41) is 0. The van der Waals surface area contributed by atoms with Gasteiger partial charge in [0.05, 0.1) is 6.54 Å². The average Bonchev–Trinajstić information content (AvgIpc) is 2.42. The Labute approximate surface area is 127 Å². The lowest BCUT2D eigenvalue weighted by molar-refractivity contribution is -0.133. The van der Waals surface area contributed by atoms with Gasteiger partial charge in [-0.25, -0.2) is 4.79 Å². The van der Waals surface area contributed by atoms with Crippen molar-refractivity contribution in [2.24, 2.45) is 5.73 Å². The zero-order valence-corrected chi connectivity index (χ0v) is 13.7. The van der Waals surface area contributed by atoms with Gasteiger partial charge in [-0.1, -0.05) is 0 Å². The number of ether oxygens (including phenoxy) is 1. The summed E-state index contributed by atoms with van der Waals surface area (Å²) in [7, 11) is 0. The fourth-order valence-corrected chi connectivity index (χ4v) is 2.55. The molecule has 0 aromatic rings. The molecular weight excluding hydrogens is 270 g/mol. The van der Waals surface area contributed by atoms with E-state index in [0.717, 1.165) is 25.8 Å². The van der Waals surface area contributed by atoms with Gasteiger partial charge in [0.25, 0.3) is 0 Å². The van der Waals surface area contributed by atoms with Gasteiger partial charge in [-0.15, -0.1) is 0 Å². The highest BCUT2D eigenvalue weighted by Crippen LogP contribution is 2.19. The number of amides is 2. The Morgan fingerprint density at radius 1 is 1.33 bits per heavy atom. The molecule has 2 N–H and O–H groups in total. The Morgan fingerprint density at radius 2 is 2.00 bits per heavy atom. The number of carbonyl (C=O) groups excluding carboxylic acids is 2. The molecule has 1 fully saturated rings. The van der Waals surface area contributed by atoms with Gasteiger partial charge in [-0.05, 0) is 47.0 Å². The van der Waals surface area contributed by atoms with Crippen molar-refractivity contribution in [3.63, 3.8) is 0 Å². The summed E-state index contributed by atoms with van der Waals surface area (Å²) in [6, 6.07) is 0.0438. The second kappa shape index (κ2) is 7.64. The average molecular weight is 299 g/mol. The minimum absolute atomic E-state index is 0.0229. The van der Waals surface area contributed by atoms with Gasteiger partial charge >= 0.3 is 6.09 Å². The molecule has 0 unspecified atom stereocenters. The van der Waals surface area contributed by atoms with Crippen LogP contribution < -0.4 is 5.73 Å². The quantitative estimate of drug-likeness (QED) is 0.855. The molecule has 21 heavy (non-hydrogen) atoms. The van der Waals surface area contributed by atoms with Crippen LogP contribution in [0.4, 0.5) is 4.79 Å². The molecule has 0 spiro atoms. The molecule has 0 aliphatic carbocycles. The summed E-state index contributed by atoms with van der Waals surface area (Å²) in [5.74, 6) is -0.0417. The second-order valence-corrected chi connectivity index (χ2v) is 6.46. The SMILES string of the molecule is CCN(C[C@@H]1CCCCN1C(=O)CN)C(=O)OC(C)(C)C. The van der Waals surface area contributed by atoms with E-state index in [1.165, 1.54) is 0 Å². The highest BCUT2D eigenvalue weighted by atomic mass is 16.6. The zero-order chi connectivity index (χ0) is 16.0. The fraction of sp³-hybridized carbons (Fsp3) is 0.867. The number of nitrogens with zero attached hydrogens (tertiary/aromatic N) is 2. The molecular formula is C15H29N3O3. The van der Waals surface area contributed by atoms with E-state index in [-0.39, 0.29) is 24.6 Å². The Hall–Kier alpha value is -1.30. The predicted molar refractivity (Wildman–Crippen MR) is 81.9 cm³/mol. The van der Waals surface area contributed by atoms with E-state index in [9.17, 15) is 9.59 Å². The number of likely N-dealkylation sites (tertiary alicyclic amines) is 1. The fourth-order valence-electron chi connectivity index (χ4n) is 2.55. The van der Waals surface area contributed by atoms with Crippen molar-refractivity contribution in [3.05, 3.63) is 0 Å². The maximum atomic E-state index is 12.2. The summed E-state index contributed by atoms with van der Waals surface area (Å²) >= 11 is 0. The number of nitrogens with two attached hydrogens (primary N) is 1. The van der Waals surface area contributed by atoms with E-state index >= 15 is 0 Å².